The molecule has 1 amide bonds. The van der Waals surface area contributed by atoms with E-state index in [9.17, 15) is 13.2 Å². The van der Waals surface area contributed by atoms with Crippen LogP contribution in [0.3, 0.4) is 0 Å². The van der Waals surface area contributed by atoms with E-state index in [0.29, 0.717) is 30.0 Å². The number of carbonyl (C=O) groups is 1. The number of nitrogens with one attached hydrogen (secondary N) is 1. The number of amides is 1. The van der Waals surface area contributed by atoms with Gasteiger partial charge >= 0.3 is 0 Å². The maximum absolute atomic E-state index is 13.0. The van der Waals surface area contributed by atoms with Crippen LogP contribution < -0.4 is 9.62 Å². The summed E-state index contributed by atoms with van der Waals surface area (Å²) in [5.41, 5.74) is 4.22. The minimum Gasteiger partial charge on any atom is -0.306 e. The molecule has 6 nitrogen and oxygen atoms in total. The number of aromatic nitrogens is 1. The highest BCUT2D eigenvalue weighted by atomic mass is 35.5. The van der Waals surface area contributed by atoms with E-state index in [2.05, 4.69) is 9.71 Å². The Morgan fingerprint density at radius 1 is 1.27 bits per heavy atom. The number of fused-ring (bicyclic) bond motifs is 2. The predicted octanol–water partition coefficient (Wildman–Crippen LogP) is 2.47. The molecule has 0 unspecified atom stereocenters. The van der Waals surface area contributed by atoms with E-state index in [1.54, 1.807) is 29.4 Å². The number of sulfonamides is 1. The lowest BCUT2D eigenvalue weighted by molar-refractivity contribution is 0.0980. The van der Waals surface area contributed by atoms with Crippen LogP contribution in [-0.4, -0.2) is 32.1 Å². The molecule has 1 aliphatic carbocycles. The number of nitrogens with zero attached hydrogens (tertiary/aromatic N) is 2. The summed E-state index contributed by atoms with van der Waals surface area (Å²) in [6.07, 6.45) is 6.62. The molecule has 26 heavy (non-hydrogen) atoms. The summed E-state index contributed by atoms with van der Waals surface area (Å²) in [6, 6.07) is 5.03. The number of pyridine rings is 1. The molecule has 2 heterocycles. The Kier molecular flexibility index (Phi) is 4.25. The molecule has 1 aliphatic heterocycles. The van der Waals surface area contributed by atoms with Crippen molar-refractivity contribution < 1.29 is 13.2 Å². The fourth-order valence-electron chi connectivity index (χ4n) is 3.81. The molecular formula is C18H18ClN3O3S. The highest BCUT2D eigenvalue weighted by Crippen LogP contribution is 2.38. The summed E-state index contributed by atoms with van der Waals surface area (Å²) in [6.45, 7) is 0.550. The third-order valence-electron chi connectivity index (χ3n) is 4.92. The number of anilines is 1. The first-order valence-electron chi connectivity index (χ1n) is 8.38. The normalized spacial score (nSPS) is 19.4. The third-order valence-corrected chi connectivity index (χ3v) is 5.87. The van der Waals surface area contributed by atoms with Gasteiger partial charge in [0.2, 0.25) is 10.0 Å². The molecular weight excluding hydrogens is 374 g/mol. The fourth-order valence-corrected chi connectivity index (χ4v) is 4.77. The van der Waals surface area contributed by atoms with Crippen molar-refractivity contribution in [2.75, 3.05) is 17.7 Å². The summed E-state index contributed by atoms with van der Waals surface area (Å²) in [7, 11) is -3.31. The number of benzene rings is 1. The first-order valence-corrected chi connectivity index (χ1v) is 10.6. The zero-order chi connectivity index (χ0) is 18.5. The van der Waals surface area contributed by atoms with Gasteiger partial charge in [-0.25, -0.2) is 13.1 Å². The largest absolute Gasteiger partial charge is 0.306 e. The minimum atomic E-state index is -3.31. The van der Waals surface area contributed by atoms with Crippen LogP contribution >= 0.6 is 11.6 Å². The molecule has 0 radical (unpaired) electrons. The standard InChI is InChI=1S/C18H18ClN3O3S/c1-26(24,25)21-16-5-4-14-15(16)9-20-10-17(14)22-7-6-11-8-12(19)2-3-13(11)18(22)23/h2-3,8-10,16,21H,4-7H2,1H3/t16-/m0/s1. The Morgan fingerprint density at radius 2 is 2.08 bits per heavy atom. The second-order valence-corrected chi connectivity index (χ2v) is 8.93. The molecule has 4 rings (SSSR count). The first kappa shape index (κ1) is 17.5. The zero-order valence-corrected chi connectivity index (χ0v) is 15.8. The summed E-state index contributed by atoms with van der Waals surface area (Å²) in [5, 5.41) is 0.627. The Bertz CT molecular complexity index is 1010. The van der Waals surface area contributed by atoms with Crippen LogP contribution in [-0.2, 0) is 22.9 Å². The highest BCUT2D eigenvalue weighted by molar-refractivity contribution is 7.88. The molecule has 0 saturated carbocycles. The number of hydrogen-bond donors (Lipinski definition) is 1. The van der Waals surface area contributed by atoms with E-state index >= 15 is 0 Å². The van der Waals surface area contributed by atoms with Crippen molar-refractivity contribution in [2.45, 2.75) is 25.3 Å². The second-order valence-electron chi connectivity index (χ2n) is 6.72. The molecule has 2 aromatic rings. The SMILES string of the molecule is CS(=O)(=O)N[C@H]1CCc2c1cncc2N1CCc2cc(Cl)ccc2C1=O. The van der Waals surface area contributed by atoms with Crippen molar-refractivity contribution in [3.8, 4) is 0 Å². The highest BCUT2D eigenvalue weighted by Gasteiger charge is 2.32. The number of halogens is 1. The molecule has 2 aliphatic rings. The molecule has 1 aromatic carbocycles. The monoisotopic (exact) mass is 391 g/mol. The van der Waals surface area contributed by atoms with Crippen LogP contribution in [0.2, 0.25) is 5.02 Å². The Hall–Kier alpha value is -1.96. The summed E-state index contributed by atoms with van der Waals surface area (Å²) in [4.78, 5) is 19.0. The van der Waals surface area contributed by atoms with Gasteiger partial charge in [0.1, 0.15) is 0 Å². The average Bonchev–Trinajstić information content (AvgIpc) is 2.96. The summed E-state index contributed by atoms with van der Waals surface area (Å²) >= 11 is 6.03. The van der Waals surface area contributed by atoms with Crippen molar-refractivity contribution in [1.82, 2.24) is 9.71 Å². The Labute approximate surface area is 157 Å². The van der Waals surface area contributed by atoms with Crippen LogP contribution in [0.15, 0.2) is 30.6 Å². The van der Waals surface area contributed by atoms with Gasteiger partial charge in [0.05, 0.1) is 18.1 Å². The second kappa shape index (κ2) is 6.33. The molecule has 0 bridgehead atoms. The van der Waals surface area contributed by atoms with Crippen molar-refractivity contribution in [1.29, 1.82) is 0 Å². The molecule has 1 atom stereocenters. The zero-order valence-electron chi connectivity index (χ0n) is 14.2. The predicted molar refractivity (Wildman–Crippen MR) is 100 cm³/mol. The van der Waals surface area contributed by atoms with Crippen LogP contribution in [0, 0.1) is 0 Å². The maximum Gasteiger partial charge on any atom is 0.258 e. The summed E-state index contributed by atoms with van der Waals surface area (Å²) in [5.74, 6) is -0.0716. The number of hydrogen-bond acceptors (Lipinski definition) is 4. The van der Waals surface area contributed by atoms with Gasteiger partial charge in [0.15, 0.2) is 0 Å². The maximum atomic E-state index is 13.0. The van der Waals surface area contributed by atoms with Gasteiger partial charge in [-0.3, -0.25) is 9.78 Å². The van der Waals surface area contributed by atoms with E-state index in [-0.39, 0.29) is 11.9 Å². The van der Waals surface area contributed by atoms with Gasteiger partial charge in [0.25, 0.3) is 5.91 Å². The van der Waals surface area contributed by atoms with Crippen LogP contribution in [0.25, 0.3) is 0 Å². The van der Waals surface area contributed by atoms with Gasteiger partial charge in [-0.15, -0.1) is 0 Å². The van der Waals surface area contributed by atoms with Crippen molar-refractivity contribution >= 4 is 33.2 Å². The number of rotatable bonds is 3. The van der Waals surface area contributed by atoms with Gasteiger partial charge in [0, 0.05) is 29.4 Å². The Morgan fingerprint density at radius 3 is 2.85 bits per heavy atom. The van der Waals surface area contributed by atoms with Crippen molar-refractivity contribution in [3.05, 3.63) is 57.9 Å². The lowest BCUT2D eigenvalue weighted by Gasteiger charge is -2.30. The molecule has 0 saturated heterocycles. The molecule has 0 spiro atoms. The van der Waals surface area contributed by atoms with Gasteiger partial charge in [-0.1, -0.05) is 11.6 Å². The summed E-state index contributed by atoms with van der Waals surface area (Å²) < 4.78 is 25.8. The molecule has 0 fully saturated rings. The van der Waals surface area contributed by atoms with E-state index < -0.39 is 10.0 Å². The molecule has 8 heteroatoms. The lowest BCUT2D eigenvalue weighted by Crippen LogP contribution is -2.38. The molecule has 1 N–H and O–H groups in total. The van der Waals surface area contributed by atoms with Crippen molar-refractivity contribution in [3.63, 3.8) is 0 Å². The van der Waals surface area contributed by atoms with E-state index in [4.69, 9.17) is 11.6 Å². The third kappa shape index (κ3) is 3.11. The first-order chi connectivity index (χ1) is 12.3. The average molecular weight is 392 g/mol. The Balaban J connectivity index is 1.70. The quantitative estimate of drug-likeness (QED) is 0.871. The van der Waals surface area contributed by atoms with Gasteiger partial charge in [-0.2, -0.15) is 0 Å². The van der Waals surface area contributed by atoms with E-state index in [1.807, 2.05) is 6.07 Å². The van der Waals surface area contributed by atoms with E-state index in [0.717, 1.165) is 35.1 Å². The molecule has 136 valence electrons. The smallest absolute Gasteiger partial charge is 0.258 e. The minimum absolute atomic E-state index is 0.0716. The van der Waals surface area contributed by atoms with Crippen molar-refractivity contribution in [2.24, 2.45) is 0 Å². The molecule has 1 aromatic heterocycles. The topological polar surface area (TPSA) is 79.4 Å². The number of carbonyl (C=O) groups excluding carboxylic acids is 1. The van der Waals surface area contributed by atoms with Crippen LogP contribution in [0.1, 0.15) is 39.5 Å². The van der Waals surface area contributed by atoms with Gasteiger partial charge < -0.3 is 4.90 Å². The van der Waals surface area contributed by atoms with Crippen LogP contribution in [0.4, 0.5) is 5.69 Å². The lowest BCUT2D eigenvalue weighted by atomic mass is 9.98. The van der Waals surface area contributed by atoms with Crippen LogP contribution in [0.5, 0.6) is 0 Å². The fraction of sp³-hybridized carbons (Fsp3) is 0.333. The van der Waals surface area contributed by atoms with E-state index in [1.165, 1.54) is 0 Å². The van der Waals surface area contributed by atoms with Gasteiger partial charge in [-0.05, 0) is 54.2 Å².